The zero-order valence-electron chi connectivity index (χ0n) is 11.2. The summed E-state index contributed by atoms with van der Waals surface area (Å²) in [5, 5.41) is 21.0. The van der Waals surface area contributed by atoms with Gasteiger partial charge in [-0.1, -0.05) is 15.9 Å². The van der Waals surface area contributed by atoms with Gasteiger partial charge in [0.2, 0.25) is 5.75 Å². The molecule has 0 fully saturated rings. The summed E-state index contributed by atoms with van der Waals surface area (Å²) in [7, 11) is 0. The lowest BCUT2D eigenvalue weighted by atomic mass is 10.1. The Balaban J connectivity index is 2.38. The highest BCUT2D eigenvalue weighted by Crippen LogP contribution is 2.38. The van der Waals surface area contributed by atoms with E-state index in [9.17, 15) is 15.2 Å². The largest absolute Gasteiger partial charge is 0.482 e. The molecule has 6 nitrogen and oxygen atoms in total. The highest BCUT2D eigenvalue weighted by molar-refractivity contribution is 9.10. The Bertz CT molecular complexity index is 647. The molecule has 2 rings (SSSR count). The van der Waals surface area contributed by atoms with Crippen LogP contribution in [-0.2, 0) is 6.61 Å². The van der Waals surface area contributed by atoms with E-state index in [1.54, 1.807) is 30.6 Å². The number of aromatic nitrogens is 1. The third kappa shape index (κ3) is 3.77. The molecule has 0 saturated heterocycles. The molecule has 0 unspecified atom stereocenters. The Labute approximate surface area is 129 Å². The molecule has 0 radical (unpaired) electrons. The number of ether oxygens (including phenoxy) is 1. The molecule has 1 atom stereocenters. The highest BCUT2D eigenvalue weighted by atomic mass is 79.9. The van der Waals surface area contributed by atoms with Crippen LogP contribution in [0.1, 0.15) is 24.2 Å². The number of hydrogen-bond donors (Lipinski definition) is 1. The maximum Gasteiger partial charge on any atom is 0.312 e. The molecule has 0 aliphatic rings. The van der Waals surface area contributed by atoms with Gasteiger partial charge < -0.3 is 9.84 Å². The molecule has 0 aliphatic heterocycles. The first kappa shape index (κ1) is 15.4. The number of rotatable bonds is 5. The summed E-state index contributed by atoms with van der Waals surface area (Å²) in [6.07, 6.45) is 2.35. The summed E-state index contributed by atoms with van der Waals surface area (Å²) in [4.78, 5) is 14.5. The Morgan fingerprint density at radius 2 is 2.10 bits per heavy atom. The smallest absolute Gasteiger partial charge is 0.312 e. The summed E-state index contributed by atoms with van der Waals surface area (Å²) in [6, 6.07) is 6.48. The van der Waals surface area contributed by atoms with Crippen molar-refractivity contribution >= 4 is 21.6 Å². The normalized spacial score (nSPS) is 12.0. The van der Waals surface area contributed by atoms with Crippen LogP contribution < -0.4 is 4.74 Å². The van der Waals surface area contributed by atoms with Crippen molar-refractivity contribution in [2.24, 2.45) is 0 Å². The van der Waals surface area contributed by atoms with Crippen molar-refractivity contribution in [1.82, 2.24) is 4.98 Å². The van der Waals surface area contributed by atoms with E-state index >= 15 is 0 Å². The van der Waals surface area contributed by atoms with Gasteiger partial charge in [-0.05, 0) is 30.7 Å². The van der Waals surface area contributed by atoms with Crippen LogP contribution in [0.4, 0.5) is 5.69 Å². The predicted molar refractivity (Wildman–Crippen MR) is 80.0 cm³/mol. The minimum atomic E-state index is -0.881. The van der Waals surface area contributed by atoms with E-state index in [1.807, 2.05) is 0 Å². The second-order valence-electron chi connectivity index (χ2n) is 4.42. The summed E-state index contributed by atoms with van der Waals surface area (Å²) in [5.74, 6) is 0.0787. The predicted octanol–water partition coefficient (Wildman–Crippen LogP) is 3.38. The fourth-order valence-electron chi connectivity index (χ4n) is 1.84. The molecule has 1 N–H and O–H groups in total. The van der Waals surface area contributed by atoms with Gasteiger partial charge in [-0.15, -0.1) is 0 Å². The van der Waals surface area contributed by atoms with Crippen molar-refractivity contribution < 1.29 is 14.8 Å². The number of nitro groups is 1. The molecular formula is C14H13BrN2O4. The van der Waals surface area contributed by atoms with Crippen molar-refractivity contribution in [2.45, 2.75) is 19.6 Å². The summed E-state index contributed by atoms with van der Waals surface area (Å²) in [6.45, 7) is 1.69. The number of benzene rings is 1. The van der Waals surface area contributed by atoms with Crippen molar-refractivity contribution in [3.63, 3.8) is 0 Å². The van der Waals surface area contributed by atoms with Crippen LogP contribution in [0.3, 0.4) is 0 Å². The molecule has 1 heterocycles. The molecule has 0 saturated carbocycles. The molecule has 110 valence electrons. The van der Waals surface area contributed by atoms with Crippen LogP contribution in [0.5, 0.6) is 5.75 Å². The number of pyridine rings is 1. The SMILES string of the molecule is C[C@H](O)c1cc(Br)cc([N+](=O)[O-])c1OCc1ccncc1. The Morgan fingerprint density at radius 1 is 1.43 bits per heavy atom. The molecule has 0 bridgehead atoms. The van der Waals surface area contributed by atoms with E-state index < -0.39 is 11.0 Å². The van der Waals surface area contributed by atoms with Crippen molar-refractivity contribution in [1.29, 1.82) is 0 Å². The van der Waals surface area contributed by atoms with Gasteiger partial charge in [0.25, 0.3) is 0 Å². The quantitative estimate of drug-likeness (QED) is 0.658. The Hall–Kier alpha value is -1.99. The third-order valence-corrected chi connectivity index (χ3v) is 3.30. The van der Waals surface area contributed by atoms with Gasteiger partial charge in [0.05, 0.1) is 11.0 Å². The topological polar surface area (TPSA) is 85.5 Å². The molecule has 7 heteroatoms. The molecule has 1 aromatic carbocycles. The van der Waals surface area contributed by atoms with Crippen molar-refractivity contribution in [3.05, 3.63) is 62.4 Å². The number of halogens is 1. The fraction of sp³-hybridized carbons (Fsp3) is 0.214. The maximum absolute atomic E-state index is 11.2. The maximum atomic E-state index is 11.2. The van der Waals surface area contributed by atoms with Gasteiger partial charge in [0.1, 0.15) is 6.61 Å². The lowest BCUT2D eigenvalue weighted by Gasteiger charge is -2.14. The van der Waals surface area contributed by atoms with Crippen LogP contribution in [0.15, 0.2) is 41.1 Å². The van der Waals surface area contributed by atoms with Gasteiger partial charge in [-0.25, -0.2) is 0 Å². The average molecular weight is 353 g/mol. The van der Waals surface area contributed by atoms with E-state index in [2.05, 4.69) is 20.9 Å². The fourth-order valence-corrected chi connectivity index (χ4v) is 2.30. The number of hydrogen-bond acceptors (Lipinski definition) is 5. The minimum absolute atomic E-state index is 0.0787. The van der Waals surface area contributed by atoms with E-state index in [0.717, 1.165) is 5.56 Å². The molecule has 0 spiro atoms. The van der Waals surface area contributed by atoms with Crippen LogP contribution in [-0.4, -0.2) is 15.0 Å². The summed E-state index contributed by atoms with van der Waals surface area (Å²) in [5.41, 5.74) is 1.01. The van der Waals surface area contributed by atoms with E-state index in [-0.39, 0.29) is 18.0 Å². The third-order valence-electron chi connectivity index (χ3n) is 2.84. The van der Waals surface area contributed by atoms with Gasteiger partial charge in [0, 0.05) is 28.5 Å². The standard InChI is InChI=1S/C14H13BrN2O4/c1-9(18)12-6-11(15)7-13(17(19)20)14(12)21-8-10-2-4-16-5-3-10/h2-7,9,18H,8H2,1H3/t9-/m0/s1. The zero-order chi connectivity index (χ0) is 15.4. The van der Waals surface area contributed by atoms with E-state index in [1.165, 1.54) is 13.0 Å². The first-order valence-electron chi connectivity index (χ1n) is 6.16. The van der Waals surface area contributed by atoms with Crippen LogP contribution >= 0.6 is 15.9 Å². The second-order valence-corrected chi connectivity index (χ2v) is 5.34. The average Bonchev–Trinajstić information content (AvgIpc) is 2.46. The van der Waals surface area contributed by atoms with Crippen molar-refractivity contribution in [3.8, 4) is 5.75 Å². The number of aliphatic hydroxyl groups excluding tert-OH is 1. The van der Waals surface area contributed by atoms with Crippen LogP contribution in [0.2, 0.25) is 0 Å². The molecule has 1 aromatic heterocycles. The van der Waals surface area contributed by atoms with Gasteiger partial charge in [0.15, 0.2) is 0 Å². The first-order chi connectivity index (χ1) is 9.99. The molecular weight excluding hydrogens is 340 g/mol. The number of aliphatic hydroxyl groups is 1. The summed E-state index contributed by atoms with van der Waals surface area (Å²) >= 11 is 3.20. The van der Waals surface area contributed by atoms with Crippen LogP contribution in [0, 0.1) is 10.1 Å². The van der Waals surface area contributed by atoms with E-state index in [0.29, 0.717) is 10.0 Å². The van der Waals surface area contributed by atoms with Crippen LogP contribution in [0.25, 0.3) is 0 Å². The molecule has 0 aliphatic carbocycles. The van der Waals surface area contributed by atoms with Crippen molar-refractivity contribution in [2.75, 3.05) is 0 Å². The lowest BCUT2D eigenvalue weighted by molar-refractivity contribution is -0.386. The molecule has 2 aromatic rings. The van der Waals surface area contributed by atoms with Gasteiger partial charge >= 0.3 is 5.69 Å². The first-order valence-corrected chi connectivity index (χ1v) is 6.96. The lowest BCUT2D eigenvalue weighted by Crippen LogP contribution is -2.04. The Kier molecular flexibility index (Phi) is 4.87. The Morgan fingerprint density at radius 3 is 2.67 bits per heavy atom. The summed E-state index contributed by atoms with van der Waals surface area (Å²) < 4.78 is 6.10. The highest BCUT2D eigenvalue weighted by Gasteiger charge is 2.23. The number of nitrogens with zero attached hydrogens (tertiary/aromatic N) is 2. The van der Waals surface area contributed by atoms with Gasteiger partial charge in [-0.3, -0.25) is 15.1 Å². The van der Waals surface area contributed by atoms with E-state index in [4.69, 9.17) is 4.74 Å². The minimum Gasteiger partial charge on any atom is -0.482 e. The molecule has 0 amide bonds. The number of nitro benzene ring substituents is 1. The zero-order valence-corrected chi connectivity index (χ0v) is 12.8. The van der Waals surface area contributed by atoms with Gasteiger partial charge in [-0.2, -0.15) is 0 Å². The monoisotopic (exact) mass is 352 g/mol. The molecule has 21 heavy (non-hydrogen) atoms. The second kappa shape index (κ2) is 6.64.